The molecule has 1 rings (SSSR count). The second-order valence-corrected chi connectivity index (χ2v) is 5.05. The van der Waals surface area contributed by atoms with E-state index in [4.69, 9.17) is 23.2 Å². The van der Waals surface area contributed by atoms with E-state index in [0.717, 1.165) is 0 Å². The third kappa shape index (κ3) is 1.09. The van der Waals surface area contributed by atoms with Crippen molar-refractivity contribution in [3.05, 3.63) is 0 Å². The van der Waals surface area contributed by atoms with Crippen molar-refractivity contribution in [2.24, 2.45) is 11.3 Å². The predicted molar refractivity (Wildman–Crippen MR) is 47.0 cm³/mol. The van der Waals surface area contributed by atoms with Crippen LogP contribution in [0.5, 0.6) is 0 Å². The van der Waals surface area contributed by atoms with Crippen molar-refractivity contribution in [2.45, 2.75) is 31.5 Å². The van der Waals surface area contributed by atoms with Crippen LogP contribution < -0.4 is 0 Å². The zero-order valence-corrected chi connectivity index (χ0v) is 8.46. The molecule has 3 heteroatoms. The molecule has 0 radical (unpaired) electrons. The van der Waals surface area contributed by atoms with Crippen molar-refractivity contribution < 1.29 is 4.79 Å². The summed E-state index contributed by atoms with van der Waals surface area (Å²) in [6, 6.07) is 0. The summed E-state index contributed by atoms with van der Waals surface area (Å²) in [5.74, 6) is 0.340. The minimum absolute atomic E-state index is 0.109. The SMILES string of the molecule is CC(=O)C1(C(C)C)CC1(Cl)Cl. The van der Waals surface area contributed by atoms with Gasteiger partial charge in [-0.2, -0.15) is 0 Å². The van der Waals surface area contributed by atoms with Crippen molar-refractivity contribution in [3.8, 4) is 0 Å². The van der Waals surface area contributed by atoms with Gasteiger partial charge in [0.1, 0.15) is 10.1 Å². The van der Waals surface area contributed by atoms with Crippen LogP contribution in [-0.4, -0.2) is 10.1 Å². The molecule has 0 spiro atoms. The van der Waals surface area contributed by atoms with Crippen LogP contribution in [0.1, 0.15) is 27.2 Å². The summed E-state index contributed by atoms with van der Waals surface area (Å²) in [7, 11) is 0. The number of carbonyl (C=O) groups excluding carboxylic acids is 1. The van der Waals surface area contributed by atoms with Crippen LogP contribution in [0.4, 0.5) is 0 Å². The first-order valence-electron chi connectivity index (χ1n) is 3.73. The van der Waals surface area contributed by atoms with E-state index in [1.165, 1.54) is 0 Å². The van der Waals surface area contributed by atoms with Gasteiger partial charge < -0.3 is 0 Å². The number of hydrogen-bond donors (Lipinski definition) is 0. The fourth-order valence-corrected chi connectivity index (χ4v) is 2.85. The smallest absolute Gasteiger partial charge is 0.139 e. The van der Waals surface area contributed by atoms with Gasteiger partial charge in [-0.25, -0.2) is 0 Å². The molecule has 64 valence electrons. The molecular formula is C8H12Cl2O. The number of alkyl halides is 2. The lowest BCUT2D eigenvalue weighted by atomic mass is 9.89. The van der Waals surface area contributed by atoms with Crippen LogP contribution in [-0.2, 0) is 4.79 Å². The highest BCUT2D eigenvalue weighted by Gasteiger charge is 2.70. The number of rotatable bonds is 2. The molecule has 0 aromatic carbocycles. The number of hydrogen-bond acceptors (Lipinski definition) is 1. The summed E-state index contributed by atoms with van der Waals surface area (Å²) in [4.78, 5) is 11.2. The molecule has 0 heterocycles. The topological polar surface area (TPSA) is 17.1 Å². The lowest BCUT2D eigenvalue weighted by molar-refractivity contribution is -0.123. The zero-order chi connectivity index (χ0) is 8.86. The Morgan fingerprint density at radius 2 is 1.82 bits per heavy atom. The van der Waals surface area contributed by atoms with Gasteiger partial charge in [0.2, 0.25) is 0 Å². The minimum atomic E-state index is -0.799. The highest BCUT2D eigenvalue weighted by molar-refractivity contribution is 6.53. The van der Waals surface area contributed by atoms with Gasteiger partial charge >= 0.3 is 0 Å². The third-order valence-corrected chi connectivity index (χ3v) is 3.58. The van der Waals surface area contributed by atoms with Crippen molar-refractivity contribution in [1.29, 1.82) is 0 Å². The minimum Gasteiger partial charge on any atom is -0.299 e. The molecule has 0 N–H and O–H groups in total. The molecule has 1 saturated carbocycles. The first-order valence-corrected chi connectivity index (χ1v) is 4.49. The molecule has 1 atom stereocenters. The predicted octanol–water partition coefficient (Wildman–Crippen LogP) is 2.80. The molecule has 1 aliphatic rings. The maximum Gasteiger partial charge on any atom is 0.139 e. The number of carbonyl (C=O) groups is 1. The molecule has 11 heavy (non-hydrogen) atoms. The quantitative estimate of drug-likeness (QED) is 0.619. The van der Waals surface area contributed by atoms with E-state index in [1.54, 1.807) is 6.92 Å². The summed E-state index contributed by atoms with van der Waals surface area (Å²) in [5, 5.41) is 0. The summed E-state index contributed by atoms with van der Waals surface area (Å²) < 4.78 is -0.799. The normalized spacial score (nSPS) is 34.0. The summed E-state index contributed by atoms with van der Waals surface area (Å²) in [6.45, 7) is 5.52. The van der Waals surface area contributed by atoms with Crippen LogP contribution in [0, 0.1) is 11.3 Å². The third-order valence-electron chi connectivity index (χ3n) is 2.64. The monoisotopic (exact) mass is 194 g/mol. The van der Waals surface area contributed by atoms with E-state index < -0.39 is 9.75 Å². The number of Topliss-reactive ketones (excluding diaryl/α,β-unsaturated/α-hetero) is 1. The second kappa shape index (κ2) is 2.37. The van der Waals surface area contributed by atoms with Gasteiger partial charge in [0, 0.05) is 0 Å². The maximum absolute atomic E-state index is 11.2. The van der Waals surface area contributed by atoms with Crippen LogP contribution in [0.3, 0.4) is 0 Å². The Labute approximate surface area is 77.1 Å². The molecule has 1 aliphatic carbocycles. The highest BCUT2D eigenvalue weighted by atomic mass is 35.5. The standard InChI is InChI=1S/C8H12Cl2O/c1-5(2)7(6(3)11)4-8(7,9)10/h5H,4H2,1-3H3. The number of ketones is 1. The molecule has 0 bridgehead atoms. The fourth-order valence-electron chi connectivity index (χ4n) is 1.72. The van der Waals surface area contributed by atoms with Crippen LogP contribution >= 0.6 is 23.2 Å². The molecule has 1 fully saturated rings. The highest BCUT2D eigenvalue weighted by Crippen LogP contribution is 2.68. The zero-order valence-electron chi connectivity index (χ0n) is 6.95. The second-order valence-electron chi connectivity index (χ2n) is 3.56. The average molecular weight is 195 g/mol. The lowest BCUT2D eigenvalue weighted by Gasteiger charge is -2.18. The Morgan fingerprint density at radius 1 is 1.45 bits per heavy atom. The van der Waals surface area contributed by atoms with Crippen molar-refractivity contribution in [1.82, 2.24) is 0 Å². The molecule has 0 aromatic heterocycles. The number of halogens is 2. The van der Waals surface area contributed by atoms with Crippen molar-refractivity contribution >= 4 is 29.0 Å². The molecular weight excluding hydrogens is 183 g/mol. The Balaban J connectivity index is 2.88. The molecule has 0 saturated heterocycles. The maximum atomic E-state index is 11.2. The summed E-state index contributed by atoms with van der Waals surface area (Å²) in [5.41, 5.74) is -0.462. The van der Waals surface area contributed by atoms with E-state index >= 15 is 0 Å². The van der Waals surface area contributed by atoms with E-state index in [-0.39, 0.29) is 11.7 Å². The van der Waals surface area contributed by atoms with Gasteiger partial charge in [-0.3, -0.25) is 4.79 Å². The fraction of sp³-hybridized carbons (Fsp3) is 0.875. The van der Waals surface area contributed by atoms with E-state index in [0.29, 0.717) is 6.42 Å². The van der Waals surface area contributed by atoms with E-state index in [2.05, 4.69) is 0 Å². The first kappa shape index (κ1) is 9.34. The van der Waals surface area contributed by atoms with Gasteiger partial charge in [0.15, 0.2) is 0 Å². The van der Waals surface area contributed by atoms with Gasteiger partial charge in [0.05, 0.1) is 5.41 Å². The van der Waals surface area contributed by atoms with Gasteiger partial charge in [-0.05, 0) is 19.3 Å². The van der Waals surface area contributed by atoms with E-state index in [9.17, 15) is 4.79 Å². The lowest BCUT2D eigenvalue weighted by Crippen LogP contribution is -2.25. The first-order chi connectivity index (χ1) is 4.84. The Hall–Kier alpha value is 0.250. The molecule has 0 aliphatic heterocycles. The molecule has 0 amide bonds. The molecule has 0 aromatic rings. The summed E-state index contributed by atoms with van der Waals surface area (Å²) in [6.07, 6.45) is 0.607. The van der Waals surface area contributed by atoms with Crippen LogP contribution in [0.15, 0.2) is 0 Å². The average Bonchev–Trinajstić information content (AvgIpc) is 2.35. The van der Waals surface area contributed by atoms with Gasteiger partial charge in [-0.1, -0.05) is 13.8 Å². The van der Waals surface area contributed by atoms with Crippen LogP contribution in [0.2, 0.25) is 0 Å². The Morgan fingerprint density at radius 3 is 1.82 bits per heavy atom. The molecule has 1 nitrogen and oxygen atoms in total. The van der Waals surface area contributed by atoms with Crippen molar-refractivity contribution in [2.75, 3.05) is 0 Å². The van der Waals surface area contributed by atoms with E-state index in [1.807, 2.05) is 13.8 Å². The van der Waals surface area contributed by atoms with Crippen LogP contribution in [0.25, 0.3) is 0 Å². The Bertz CT molecular complexity index is 198. The van der Waals surface area contributed by atoms with Gasteiger partial charge in [0.25, 0.3) is 0 Å². The van der Waals surface area contributed by atoms with Gasteiger partial charge in [-0.15, -0.1) is 23.2 Å². The van der Waals surface area contributed by atoms with Crippen molar-refractivity contribution in [3.63, 3.8) is 0 Å². The Kier molecular flexibility index (Phi) is 2.01. The summed E-state index contributed by atoms with van der Waals surface area (Å²) >= 11 is 11.8. The molecule has 1 unspecified atom stereocenters. The largest absolute Gasteiger partial charge is 0.299 e.